The summed E-state index contributed by atoms with van der Waals surface area (Å²) in [6.45, 7) is 0.414. The number of nitrogens with one attached hydrogen (secondary N) is 1. The molecule has 0 spiro atoms. The highest BCUT2D eigenvalue weighted by atomic mass is 32.2. The minimum Gasteiger partial charge on any atom is -0.363 e. The lowest BCUT2D eigenvalue weighted by Gasteiger charge is -2.28. The van der Waals surface area contributed by atoms with Crippen molar-refractivity contribution in [1.82, 2.24) is 10.3 Å². The van der Waals surface area contributed by atoms with E-state index in [-0.39, 0.29) is 18.4 Å². The highest BCUT2D eigenvalue weighted by Crippen LogP contribution is 2.34. The van der Waals surface area contributed by atoms with Crippen LogP contribution in [0.5, 0.6) is 0 Å². The number of carbonyl (C=O) groups is 2. The van der Waals surface area contributed by atoms with Crippen LogP contribution >= 0.6 is 11.8 Å². The molecule has 0 saturated heterocycles. The van der Waals surface area contributed by atoms with E-state index in [2.05, 4.69) is 10.3 Å². The van der Waals surface area contributed by atoms with Gasteiger partial charge in [0.2, 0.25) is 11.8 Å². The Morgan fingerprint density at radius 1 is 1.28 bits per heavy atom. The number of amides is 2. The first-order chi connectivity index (χ1) is 12.0. The molecule has 0 aliphatic carbocycles. The number of aromatic nitrogens is 1. The van der Waals surface area contributed by atoms with Crippen LogP contribution in [0.1, 0.15) is 5.56 Å². The minimum absolute atomic E-state index is 0.0274. The molecule has 1 aromatic carbocycles. The van der Waals surface area contributed by atoms with Crippen LogP contribution in [0, 0.1) is 0 Å². The van der Waals surface area contributed by atoms with Gasteiger partial charge in [-0.05, 0) is 23.8 Å². The lowest BCUT2D eigenvalue weighted by molar-refractivity contribution is -0.123. The van der Waals surface area contributed by atoms with E-state index in [0.717, 1.165) is 22.0 Å². The van der Waals surface area contributed by atoms with Crippen LogP contribution < -0.4 is 15.1 Å². The molecule has 3 rings (SSSR count). The smallest absolute Gasteiger partial charge is 0.240 e. The van der Waals surface area contributed by atoms with Crippen molar-refractivity contribution >= 4 is 35.1 Å². The molecule has 130 valence electrons. The van der Waals surface area contributed by atoms with E-state index < -0.39 is 0 Å². The summed E-state index contributed by atoms with van der Waals surface area (Å²) < 4.78 is 0. The van der Waals surface area contributed by atoms with Crippen molar-refractivity contribution in [3.8, 4) is 0 Å². The average molecular weight is 356 g/mol. The first kappa shape index (κ1) is 17.3. The van der Waals surface area contributed by atoms with Crippen molar-refractivity contribution in [2.24, 2.45) is 0 Å². The Morgan fingerprint density at radius 2 is 2.08 bits per heavy atom. The lowest BCUT2D eigenvalue weighted by Crippen LogP contribution is -2.43. The molecular weight excluding hydrogens is 336 g/mol. The molecule has 2 heterocycles. The highest BCUT2D eigenvalue weighted by molar-refractivity contribution is 8.00. The van der Waals surface area contributed by atoms with E-state index in [4.69, 9.17) is 0 Å². The number of pyridine rings is 1. The van der Waals surface area contributed by atoms with E-state index in [1.54, 1.807) is 11.1 Å². The average Bonchev–Trinajstić information content (AvgIpc) is 2.63. The summed E-state index contributed by atoms with van der Waals surface area (Å²) in [5.74, 6) is 0.992. The van der Waals surface area contributed by atoms with E-state index in [9.17, 15) is 9.59 Å². The standard InChI is InChI=1S/C18H20N4O2S/c1-21(2)16-8-7-13(9-19-16)10-20-17(23)11-22-14-5-3-4-6-15(14)25-12-18(22)24/h3-9H,10-12H2,1-2H3,(H,20,23). The van der Waals surface area contributed by atoms with Crippen molar-refractivity contribution in [3.05, 3.63) is 48.2 Å². The fraction of sp³-hybridized carbons (Fsp3) is 0.278. The molecule has 0 saturated carbocycles. The van der Waals surface area contributed by atoms with Gasteiger partial charge in [0, 0.05) is 31.7 Å². The number of hydrogen-bond acceptors (Lipinski definition) is 5. The highest BCUT2D eigenvalue weighted by Gasteiger charge is 2.26. The Kier molecular flexibility index (Phi) is 5.23. The fourth-order valence-corrected chi connectivity index (χ4v) is 3.45. The Balaban J connectivity index is 1.60. The van der Waals surface area contributed by atoms with Crippen molar-refractivity contribution < 1.29 is 9.59 Å². The molecule has 0 fully saturated rings. The summed E-state index contributed by atoms with van der Waals surface area (Å²) in [6.07, 6.45) is 1.74. The third-order valence-electron chi connectivity index (χ3n) is 3.87. The third-order valence-corrected chi connectivity index (χ3v) is 4.91. The number of carbonyl (C=O) groups excluding carboxylic acids is 2. The van der Waals surface area contributed by atoms with Gasteiger partial charge in [-0.3, -0.25) is 9.59 Å². The Hall–Kier alpha value is -2.54. The predicted octanol–water partition coefficient (Wildman–Crippen LogP) is 1.90. The van der Waals surface area contributed by atoms with Crippen LogP contribution in [0.25, 0.3) is 0 Å². The monoisotopic (exact) mass is 356 g/mol. The maximum absolute atomic E-state index is 12.3. The second-order valence-electron chi connectivity index (χ2n) is 5.93. The van der Waals surface area contributed by atoms with Gasteiger partial charge in [0.05, 0.1) is 11.4 Å². The number of fused-ring (bicyclic) bond motifs is 1. The summed E-state index contributed by atoms with van der Waals surface area (Å²) in [6, 6.07) is 11.5. The quantitative estimate of drug-likeness (QED) is 0.886. The number of nitrogens with zero attached hydrogens (tertiary/aromatic N) is 3. The van der Waals surface area contributed by atoms with E-state index in [0.29, 0.717) is 12.3 Å². The normalized spacial score (nSPS) is 13.4. The number of para-hydroxylation sites is 1. The number of thioether (sulfide) groups is 1. The van der Waals surface area contributed by atoms with E-state index in [1.165, 1.54) is 11.8 Å². The van der Waals surface area contributed by atoms with Gasteiger partial charge in [0.1, 0.15) is 12.4 Å². The molecule has 0 atom stereocenters. The Bertz CT molecular complexity index is 777. The van der Waals surface area contributed by atoms with Gasteiger partial charge in [0.15, 0.2) is 0 Å². The molecular formula is C18H20N4O2S. The van der Waals surface area contributed by atoms with Crippen LogP contribution in [0.3, 0.4) is 0 Å². The lowest BCUT2D eigenvalue weighted by atomic mass is 10.2. The van der Waals surface area contributed by atoms with Gasteiger partial charge < -0.3 is 15.1 Å². The number of rotatable bonds is 5. The summed E-state index contributed by atoms with van der Waals surface area (Å²) >= 11 is 1.51. The van der Waals surface area contributed by atoms with Crippen molar-refractivity contribution in [3.63, 3.8) is 0 Å². The van der Waals surface area contributed by atoms with Crippen LogP contribution in [0.15, 0.2) is 47.5 Å². The molecule has 1 aromatic heterocycles. The van der Waals surface area contributed by atoms with Gasteiger partial charge in [-0.25, -0.2) is 4.98 Å². The molecule has 7 heteroatoms. The molecule has 1 aliphatic heterocycles. The number of anilines is 2. The summed E-state index contributed by atoms with van der Waals surface area (Å²) in [5, 5.41) is 2.85. The van der Waals surface area contributed by atoms with E-state index >= 15 is 0 Å². The Morgan fingerprint density at radius 3 is 2.80 bits per heavy atom. The van der Waals surface area contributed by atoms with Gasteiger partial charge >= 0.3 is 0 Å². The zero-order valence-corrected chi connectivity index (χ0v) is 15.0. The molecule has 2 aromatic rings. The van der Waals surface area contributed by atoms with Crippen LogP contribution in [0.2, 0.25) is 0 Å². The van der Waals surface area contributed by atoms with Crippen LogP contribution in [-0.4, -0.2) is 43.2 Å². The SMILES string of the molecule is CN(C)c1ccc(CNC(=O)CN2C(=O)CSc3ccccc32)cn1. The van der Waals surface area contributed by atoms with E-state index in [1.807, 2.05) is 55.4 Å². The molecule has 25 heavy (non-hydrogen) atoms. The maximum Gasteiger partial charge on any atom is 0.240 e. The summed E-state index contributed by atoms with van der Waals surface area (Å²) in [5.41, 5.74) is 1.72. The third kappa shape index (κ3) is 4.11. The minimum atomic E-state index is -0.188. The fourth-order valence-electron chi connectivity index (χ4n) is 2.51. The van der Waals surface area contributed by atoms with Crippen molar-refractivity contribution in [1.29, 1.82) is 0 Å². The number of benzene rings is 1. The molecule has 2 amide bonds. The van der Waals surface area contributed by atoms with Gasteiger partial charge in [-0.15, -0.1) is 11.8 Å². The predicted molar refractivity (Wildman–Crippen MR) is 99.9 cm³/mol. The molecule has 0 bridgehead atoms. The molecule has 1 N–H and O–H groups in total. The second-order valence-corrected chi connectivity index (χ2v) is 6.95. The summed E-state index contributed by atoms with van der Waals surface area (Å²) in [4.78, 5) is 33.3. The van der Waals surface area contributed by atoms with Crippen LogP contribution in [-0.2, 0) is 16.1 Å². The Labute approximate surface area is 151 Å². The van der Waals surface area contributed by atoms with Gasteiger partial charge in [0.25, 0.3) is 0 Å². The zero-order valence-electron chi connectivity index (χ0n) is 14.2. The zero-order chi connectivity index (χ0) is 17.8. The first-order valence-electron chi connectivity index (χ1n) is 7.96. The van der Waals surface area contributed by atoms with Crippen molar-refractivity contribution in [2.75, 3.05) is 36.2 Å². The van der Waals surface area contributed by atoms with Gasteiger partial charge in [-0.2, -0.15) is 0 Å². The first-order valence-corrected chi connectivity index (χ1v) is 8.94. The summed E-state index contributed by atoms with van der Waals surface area (Å²) in [7, 11) is 3.85. The molecule has 0 unspecified atom stereocenters. The number of hydrogen-bond donors (Lipinski definition) is 1. The largest absolute Gasteiger partial charge is 0.363 e. The van der Waals surface area contributed by atoms with Crippen molar-refractivity contribution in [2.45, 2.75) is 11.4 Å². The molecule has 0 radical (unpaired) electrons. The molecule has 6 nitrogen and oxygen atoms in total. The van der Waals surface area contributed by atoms with Crippen LogP contribution in [0.4, 0.5) is 11.5 Å². The van der Waals surface area contributed by atoms with Gasteiger partial charge in [-0.1, -0.05) is 18.2 Å². The topological polar surface area (TPSA) is 65.5 Å². The second kappa shape index (κ2) is 7.57. The maximum atomic E-state index is 12.3. The molecule has 1 aliphatic rings.